The van der Waals surface area contributed by atoms with Crippen molar-refractivity contribution in [3.8, 4) is 22.8 Å². The van der Waals surface area contributed by atoms with Gasteiger partial charge in [0.25, 0.3) is 5.56 Å². The molecule has 0 N–H and O–H groups in total. The van der Waals surface area contributed by atoms with Gasteiger partial charge in [-0.2, -0.15) is 0 Å². The number of carbonyl (C=O) groups is 1. The second-order valence-electron chi connectivity index (χ2n) is 8.75. The first-order valence-electron chi connectivity index (χ1n) is 12.0. The van der Waals surface area contributed by atoms with Crippen molar-refractivity contribution in [2.45, 2.75) is 19.9 Å². The highest BCUT2D eigenvalue weighted by Crippen LogP contribution is 2.36. The summed E-state index contributed by atoms with van der Waals surface area (Å²) in [5, 5.41) is 0.802. The fraction of sp³-hybridized carbons (Fsp3) is 0.179. The van der Waals surface area contributed by atoms with Gasteiger partial charge >= 0.3 is 5.97 Å². The van der Waals surface area contributed by atoms with E-state index in [1.165, 1.54) is 15.9 Å². The van der Waals surface area contributed by atoms with E-state index in [0.717, 1.165) is 5.56 Å². The Morgan fingerprint density at radius 1 is 1.13 bits per heavy atom. The normalized spacial score (nSPS) is 16.3. The number of hydrogen-bond donors (Lipinski definition) is 0. The van der Waals surface area contributed by atoms with Crippen LogP contribution in [0.5, 0.6) is 11.5 Å². The summed E-state index contributed by atoms with van der Waals surface area (Å²) in [6.45, 7) is 3.77. The molecule has 11 heteroatoms. The Morgan fingerprint density at radius 3 is 2.74 bits per heavy atom. The molecule has 198 valence electrons. The van der Waals surface area contributed by atoms with Crippen LogP contribution in [0.25, 0.3) is 17.4 Å². The lowest BCUT2D eigenvalue weighted by molar-refractivity contribution is -0.139. The molecular weight excluding hydrogens is 563 g/mol. The SMILES string of the molecule is CCOC(=O)C1=C(C)N=c2s/c(=C\c3ccc4c(c3)OCO4)c(=O)n2[C@H]1c1ccc(-c2ccc(Cl)c(Cl)c2)o1. The van der Waals surface area contributed by atoms with Crippen LogP contribution in [-0.2, 0) is 9.53 Å². The van der Waals surface area contributed by atoms with Crippen LogP contribution in [0.1, 0.15) is 31.2 Å². The maximum Gasteiger partial charge on any atom is 0.338 e. The third kappa shape index (κ3) is 4.56. The molecule has 0 fully saturated rings. The zero-order valence-corrected chi connectivity index (χ0v) is 23.0. The van der Waals surface area contributed by atoms with Crippen LogP contribution in [0.3, 0.4) is 0 Å². The lowest BCUT2D eigenvalue weighted by Gasteiger charge is -2.22. The number of carbonyl (C=O) groups excluding carboxylic acids is 1. The summed E-state index contributed by atoms with van der Waals surface area (Å²) in [5.41, 5.74) is 1.82. The lowest BCUT2D eigenvalue weighted by Crippen LogP contribution is -2.39. The Balaban J connectivity index is 1.50. The number of fused-ring (bicyclic) bond motifs is 2. The van der Waals surface area contributed by atoms with Gasteiger partial charge in [0.15, 0.2) is 16.3 Å². The van der Waals surface area contributed by atoms with Crippen molar-refractivity contribution in [1.82, 2.24) is 4.57 Å². The van der Waals surface area contributed by atoms with E-state index in [2.05, 4.69) is 4.99 Å². The van der Waals surface area contributed by atoms with Gasteiger partial charge in [-0.05, 0) is 68.0 Å². The standard InChI is InChI=1S/C28H20Cl2N2O6S/c1-3-35-27(34)24-14(2)31-28-32(25(24)21-9-8-19(38-21)16-5-6-17(29)18(30)12-16)26(33)23(39-28)11-15-4-7-20-22(10-15)37-13-36-20/h4-12,25H,3,13H2,1-2H3/b23-11-/t25-/m0/s1. The minimum atomic E-state index is -0.879. The lowest BCUT2D eigenvalue weighted by atomic mass is 10.0. The summed E-state index contributed by atoms with van der Waals surface area (Å²) >= 11 is 13.5. The molecule has 0 radical (unpaired) electrons. The predicted octanol–water partition coefficient (Wildman–Crippen LogP) is 5.09. The molecule has 2 aliphatic heterocycles. The van der Waals surface area contributed by atoms with Gasteiger partial charge < -0.3 is 18.6 Å². The van der Waals surface area contributed by atoms with Gasteiger partial charge in [-0.1, -0.05) is 40.6 Å². The van der Waals surface area contributed by atoms with Crippen LogP contribution in [0.15, 0.2) is 74.0 Å². The number of hydrogen-bond acceptors (Lipinski definition) is 8. The van der Waals surface area contributed by atoms with E-state index in [1.807, 2.05) is 12.1 Å². The summed E-state index contributed by atoms with van der Waals surface area (Å²) in [7, 11) is 0. The summed E-state index contributed by atoms with van der Waals surface area (Å²) in [4.78, 5) is 32.0. The van der Waals surface area contributed by atoms with Crippen molar-refractivity contribution in [1.29, 1.82) is 0 Å². The van der Waals surface area contributed by atoms with Gasteiger partial charge in [0.05, 0.1) is 32.5 Å². The molecule has 0 saturated heterocycles. The predicted molar refractivity (Wildman–Crippen MR) is 147 cm³/mol. The average molecular weight is 583 g/mol. The smallest absolute Gasteiger partial charge is 0.338 e. The van der Waals surface area contributed by atoms with Gasteiger partial charge in [0.1, 0.15) is 17.6 Å². The van der Waals surface area contributed by atoms with Crippen LogP contribution in [0, 0.1) is 0 Å². The maximum absolute atomic E-state index is 13.8. The quantitative estimate of drug-likeness (QED) is 0.304. The number of thiazole rings is 1. The summed E-state index contributed by atoms with van der Waals surface area (Å²) in [6.07, 6.45) is 1.76. The van der Waals surface area contributed by atoms with Crippen LogP contribution >= 0.6 is 34.5 Å². The number of esters is 1. The Kier molecular flexibility index (Phi) is 6.58. The number of nitrogens with zero attached hydrogens (tertiary/aromatic N) is 2. The highest BCUT2D eigenvalue weighted by Gasteiger charge is 2.35. The zero-order valence-electron chi connectivity index (χ0n) is 20.7. The summed E-state index contributed by atoms with van der Waals surface area (Å²) in [6, 6.07) is 13.2. The van der Waals surface area contributed by atoms with Gasteiger partial charge in [-0.25, -0.2) is 9.79 Å². The molecule has 39 heavy (non-hydrogen) atoms. The van der Waals surface area contributed by atoms with E-state index in [9.17, 15) is 9.59 Å². The molecule has 2 aromatic heterocycles. The first-order chi connectivity index (χ1) is 18.8. The fourth-order valence-corrected chi connectivity index (χ4v) is 5.86. The largest absolute Gasteiger partial charge is 0.463 e. The number of ether oxygens (including phenoxy) is 3. The second kappa shape index (κ2) is 10.1. The molecule has 0 aliphatic carbocycles. The third-order valence-corrected chi connectivity index (χ3v) is 8.03. The van der Waals surface area contributed by atoms with Gasteiger partial charge in [-0.15, -0.1) is 0 Å². The van der Waals surface area contributed by atoms with Crippen molar-refractivity contribution in [2.24, 2.45) is 4.99 Å². The molecule has 6 rings (SSSR count). The van der Waals surface area contributed by atoms with Crippen LogP contribution in [0.2, 0.25) is 10.0 Å². The van der Waals surface area contributed by atoms with E-state index in [0.29, 0.717) is 53.7 Å². The first kappa shape index (κ1) is 25.5. The van der Waals surface area contributed by atoms with E-state index in [4.69, 9.17) is 41.8 Å². The van der Waals surface area contributed by atoms with Gasteiger partial charge in [-0.3, -0.25) is 9.36 Å². The van der Waals surface area contributed by atoms with E-state index in [-0.39, 0.29) is 24.5 Å². The van der Waals surface area contributed by atoms with Crippen molar-refractivity contribution in [2.75, 3.05) is 13.4 Å². The summed E-state index contributed by atoms with van der Waals surface area (Å²) < 4.78 is 24.3. The zero-order chi connectivity index (χ0) is 27.3. The topological polar surface area (TPSA) is 92.3 Å². The highest BCUT2D eigenvalue weighted by atomic mass is 35.5. The number of rotatable bonds is 5. The molecular formula is C28H20Cl2N2O6S. The molecule has 0 saturated carbocycles. The maximum atomic E-state index is 13.8. The van der Waals surface area contributed by atoms with Crippen LogP contribution < -0.4 is 24.4 Å². The highest BCUT2D eigenvalue weighted by molar-refractivity contribution is 7.07. The molecule has 1 atom stereocenters. The van der Waals surface area contributed by atoms with Crippen molar-refractivity contribution >= 4 is 46.6 Å². The first-order valence-corrected chi connectivity index (χ1v) is 13.6. The van der Waals surface area contributed by atoms with E-state index >= 15 is 0 Å². The molecule has 0 amide bonds. The van der Waals surface area contributed by atoms with E-state index in [1.54, 1.807) is 56.3 Å². The molecule has 0 spiro atoms. The van der Waals surface area contributed by atoms with Gasteiger partial charge in [0.2, 0.25) is 6.79 Å². The Bertz CT molecular complexity index is 1850. The van der Waals surface area contributed by atoms with E-state index < -0.39 is 12.0 Å². The molecule has 0 bridgehead atoms. The molecule has 2 aliphatic rings. The Labute approximate surface area is 236 Å². The van der Waals surface area contributed by atoms with Crippen LogP contribution in [-0.4, -0.2) is 23.9 Å². The molecule has 4 heterocycles. The minimum absolute atomic E-state index is 0.157. The minimum Gasteiger partial charge on any atom is -0.463 e. The van der Waals surface area contributed by atoms with Crippen molar-refractivity contribution in [3.63, 3.8) is 0 Å². The van der Waals surface area contributed by atoms with Crippen molar-refractivity contribution < 1.29 is 23.4 Å². The van der Waals surface area contributed by atoms with Crippen molar-refractivity contribution in [3.05, 3.63) is 101 Å². The van der Waals surface area contributed by atoms with Crippen LogP contribution in [0.4, 0.5) is 0 Å². The number of benzene rings is 2. The Morgan fingerprint density at radius 2 is 1.95 bits per heavy atom. The second-order valence-corrected chi connectivity index (χ2v) is 10.6. The average Bonchev–Trinajstić information content (AvgIpc) is 3.65. The number of aromatic nitrogens is 1. The fourth-order valence-electron chi connectivity index (χ4n) is 4.52. The number of halogens is 2. The Hall–Kier alpha value is -3.79. The molecule has 0 unspecified atom stereocenters. The molecule has 4 aromatic rings. The molecule has 8 nitrogen and oxygen atoms in total. The number of allylic oxidation sites excluding steroid dienone is 1. The number of furan rings is 1. The monoisotopic (exact) mass is 582 g/mol. The third-order valence-electron chi connectivity index (χ3n) is 6.31. The summed E-state index contributed by atoms with van der Waals surface area (Å²) in [5.74, 6) is 1.58. The molecule has 2 aromatic carbocycles. The van der Waals surface area contributed by atoms with Gasteiger partial charge in [0, 0.05) is 5.56 Å².